The third-order valence-electron chi connectivity index (χ3n) is 5.63. The largest absolute Gasteiger partial charge is 0.341 e. The lowest BCUT2D eigenvalue weighted by molar-refractivity contribution is -0.134. The number of nitrogens with one attached hydrogen (secondary N) is 1. The van der Waals surface area contributed by atoms with Gasteiger partial charge in [-0.15, -0.1) is 0 Å². The van der Waals surface area contributed by atoms with Crippen LogP contribution in [0.4, 0.5) is 0 Å². The zero-order chi connectivity index (χ0) is 15.3. The maximum atomic E-state index is 12.9. The van der Waals surface area contributed by atoms with E-state index in [1.165, 1.54) is 17.5 Å². The summed E-state index contributed by atoms with van der Waals surface area (Å²) in [5.41, 5.74) is 2.92. The minimum Gasteiger partial charge on any atom is -0.341 e. The molecule has 4 rings (SSSR count). The molecule has 3 nitrogen and oxygen atoms in total. The number of carbonyl (C=O) groups excluding carboxylic acids is 1. The number of carbonyl (C=O) groups is 1. The van der Waals surface area contributed by atoms with Gasteiger partial charge in [0.15, 0.2) is 0 Å². The zero-order valence-electron chi connectivity index (χ0n) is 13.6. The summed E-state index contributed by atoms with van der Waals surface area (Å²) in [5.74, 6) is 1.79. The topological polar surface area (TPSA) is 32.3 Å². The quantitative estimate of drug-likeness (QED) is 0.930. The molecule has 4 atom stereocenters. The smallest absolute Gasteiger partial charge is 0.226 e. The third-order valence-corrected chi connectivity index (χ3v) is 5.63. The Morgan fingerprint density at radius 1 is 1.32 bits per heavy atom. The van der Waals surface area contributed by atoms with Crippen LogP contribution in [0.15, 0.2) is 24.3 Å². The summed E-state index contributed by atoms with van der Waals surface area (Å²) >= 11 is 0. The van der Waals surface area contributed by atoms with Crippen molar-refractivity contribution in [1.82, 2.24) is 10.2 Å². The Morgan fingerprint density at radius 3 is 2.95 bits per heavy atom. The Bertz CT molecular complexity index is 583. The number of likely N-dealkylation sites (tertiary alicyclic amines) is 1. The van der Waals surface area contributed by atoms with Crippen molar-refractivity contribution < 1.29 is 4.79 Å². The van der Waals surface area contributed by atoms with E-state index in [0.717, 1.165) is 25.9 Å². The number of amides is 1. The second kappa shape index (κ2) is 5.38. The molecular weight excluding hydrogens is 272 g/mol. The first-order valence-electron chi connectivity index (χ1n) is 8.78. The SMILES string of the molecule is CC(C)NC1CCCN(C(=O)C2C3Cc4ccccc4C32)C1. The maximum Gasteiger partial charge on any atom is 0.226 e. The van der Waals surface area contributed by atoms with Gasteiger partial charge in [0.1, 0.15) is 0 Å². The predicted octanol–water partition coefficient (Wildman–Crippen LogP) is 2.56. The zero-order valence-corrected chi connectivity index (χ0v) is 13.6. The summed E-state index contributed by atoms with van der Waals surface area (Å²) in [7, 11) is 0. The van der Waals surface area contributed by atoms with Crippen LogP contribution < -0.4 is 5.32 Å². The Labute approximate surface area is 133 Å². The van der Waals surface area contributed by atoms with Gasteiger partial charge in [0.2, 0.25) is 5.91 Å². The highest BCUT2D eigenvalue weighted by molar-refractivity contribution is 5.85. The monoisotopic (exact) mass is 298 g/mol. The van der Waals surface area contributed by atoms with E-state index in [9.17, 15) is 4.79 Å². The molecule has 1 heterocycles. The van der Waals surface area contributed by atoms with Gasteiger partial charge in [-0.1, -0.05) is 38.1 Å². The van der Waals surface area contributed by atoms with Gasteiger partial charge in [-0.2, -0.15) is 0 Å². The van der Waals surface area contributed by atoms with E-state index in [4.69, 9.17) is 0 Å². The first kappa shape index (κ1) is 14.3. The van der Waals surface area contributed by atoms with Gasteiger partial charge < -0.3 is 10.2 Å². The van der Waals surface area contributed by atoms with Gasteiger partial charge >= 0.3 is 0 Å². The molecule has 1 aliphatic heterocycles. The number of rotatable bonds is 3. The van der Waals surface area contributed by atoms with Crippen LogP contribution in [0.1, 0.15) is 43.7 Å². The van der Waals surface area contributed by atoms with Crippen molar-refractivity contribution in [3.63, 3.8) is 0 Å². The Morgan fingerprint density at radius 2 is 2.14 bits per heavy atom. The molecule has 3 heteroatoms. The van der Waals surface area contributed by atoms with Crippen molar-refractivity contribution in [3.05, 3.63) is 35.4 Å². The van der Waals surface area contributed by atoms with Gasteiger partial charge in [-0.25, -0.2) is 0 Å². The standard InChI is InChI=1S/C19H26N2O/c1-12(2)20-14-7-5-9-21(11-14)19(22)18-16-10-13-6-3-4-8-15(13)17(16)18/h3-4,6,8,12,14,16-18,20H,5,7,9-11H2,1-2H3. The second-order valence-electron chi connectivity index (χ2n) is 7.56. The van der Waals surface area contributed by atoms with Gasteiger partial charge in [-0.3, -0.25) is 4.79 Å². The summed E-state index contributed by atoms with van der Waals surface area (Å²) in [6, 6.07) is 9.66. The number of fused-ring (bicyclic) bond motifs is 3. The van der Waals surface area contributed by atoms with E-state index < -0.39 is 0 Å². The van der Waals surface area contributed by atoms with Crippen LogP contribution in [0.3, 0.4) is 0 Å². The molecular formula is C19H26N2O. The highest BCUT2D eigenvalue weighted by Crippen LogP contribution is 2.61. The van der Waals surface area contributed by atoms with E-state index >= 15 is 0 Å². The van der Waals surface area contributed by atoms with Crippen molar-refractivity contribution in [3.8, 4) is 0 Å². The average molecular weight is 298 g/mol. The lowest BCUT2D eigenvalue weighted by atomic mass is 10.00. The van der Waals surface area contributed by atoms with Crippen LogP contribution in [0, 0.1) is 11.8 Å². The minimum absolute atomic E-state index is 0.271. The van der Waals surface area contributed by atoms with Crippen molar-refractivity contribution in [2.75, 3.05) is 13.1 Å². The number of hydrogen-bond donors (Lipinski definition) is 1. The van der Waals surface area contributed by atoms with Gasteiger partial charge in [0.25, 0.3) is 0 Å². The summed E-state index contributed by atoms with van der Waals surface area (Å²) in [6.07, 6.45) is 3.44. The van der Waals surface area contributed by atoms with Crippen molar-refractivity contribution in [1.29, 1.82) is 0 Å². The van der Waals surface area contributed by atoms with E-state index in [-0.39, 0.29) is 5.92 Å². The lowest BCUT2D eigenvalue weighted by Gasteiger charge is -2.34. The highest BCUT2D eigenvalue weighted by atomic mass is 16.2. The molecule has 1 saturated carbocycles. The second-order valence-corrected chi connectivity index (χ2v) is 7.56. The van der Waals surface area contributed by atoms with E-state index in [0.29, 0.717) is 29.8 Å². The molecule has 0 bridgehead atoms. The van der Waals surface area contributed by atoms with Gasteiger partial charge in [-0.05, 0) is 42.2 Å². The predicted molar refractivity (Wildman–Crippen MR) is 87.7 cm³/mol. The normalized spacial score (nSPS) is 32.8. The van der Waals surface area contributed by atoms with Crippen molar-refractivity contribution >= 4 is 5.91 Å². The van der Waals surface area contributed by atoms with Gasteiger partial charge in [0.05, 0.1) is 0 Å². The molecule has 4 unspecified atom stereocenters. The van der Waals surface area contributed by atoms with Crippen molar-refractivity contribution in [2.24, 2.45) is 11.8 Å². The summed E-state index contributed by atoms with van der Waals surface area (Å²) in [6.45, 7) is 6.22. The summed E-state index contributed by atoms with van der Waals surface area (Å²) in [5, 5.41) is 3.60. The molecule has 1 aromatic rings. The van der Waals surface area contributed by atoms with Crippen LogP contribution in [0.2, 0.25) is 0 Å². The van der Waals surface area contributed by atoms with Crippen LogP contribution in [0.5, 0.6) is 0 Å². The molecule has 3 aliphatic rings. The number of piperidine rings is 1. The molecule has 1 amide bonds. The molecule has 1 saturated heterocycles. The van der Waals surface area contributed by atoms with E-state index in [1.807, 2.05) is 0 Å². The van der Waals surface area contributed by atoms with Crippen LogP contribution in [-0.4, -0.2) is 36.0 Å². The molecule has 2 aliphatic carbocycles. The van der Waals surface area contributed by atoms with Crippen LogP contribution >= 0.6 is 0 Å². The molecule has 2 fully saturated rings. The number of nitrogens with zero attached hydrogens (tertiary/aromatic N) is 1. The molecule has 1 aromatic carbocycles. The van der Waals surface area contributed by atoms with Crippen molar-refractivity contribution in [2.45, 2.75) is 51.1 Å². The first-order valence-corrected chi connectivity index (χ1v) is 8.78. The summed E-state index contributed by atoms with van der Waals surface area (Å²) < 4.78 is 0. The van der Waals surface area contributed by atoms with Crippen LogP contribution in [-0.2, 0) is 11.2 Å². The van der Waals surface area contributed by atoms with Crippen LogP contribution in [0.25, 0.3) is 0 Å². The maximum absolute atomic E-state index is 12.9. The Balaban J connectivity index is 1.42. The fourth-order valence-electron chi connectivity index (χ4n) is 4.68. The molecule has 22 heavy (non-hydrogen) atoms. The Hall–Kier alpha value is -1.35. The van der Waals surface area contributed by atoms with Gasteiger partial charge in [0, 0.05) is 31.1 Å². The molecule has 0 radical (unpaired) electrons. The minimum atomic E-state index is 0.271. The lowest BCUT2D eigenvalue weighted by Crippen LogP contribution is -2.50. The van der Waals surface area contributed by atoms with E-state index in [1.54, 1.807) is 0 Å². The highest BCUT2D eigenvalue weighted by Gasteiger charge is 2.60. The molecule has 0 aromatic heterocycles. The Kier molecular flexibility index (Phi) is 3.48. The molecule has 0 spiro atoms. The number of hydrogen-bond acceptors (Lipinski definition) is 2. The summed E-state index contributed by atoms with van der Waals surface area (Å²) in [4.78, 5) is 15.0. The van der Waals surface area contributed by atoms with E-state index in [2.05, 4.69) is 48.3 Å². The third kappa shape index (κ3) is 2.36. The fourth-order valence-corrected chi connectivity index (χ4v) is 4.68. The number of benzene rings is 1. The molecule has 1 N–H and O–H groups in total. The fraction of sp³-hybridized carbons (Fsp3) is 0.632. The molecule has 118 valence electrons. The average Bonchev–Trinajstić information content (AvgIpc) is 3.08. The first-order chi connectivity index (χ1) is 10.6.